The Morgan fingerprint density at radius 3 is 2.78 bits per heavy atom. The minimum Gasteiger partial charge on any atom is -0.478 e. The predicted octanol–water partition coefficient (Wildman–Crippen LogP) is 3.10. The Labute approximate surface area is 132 Å². The number of hydrogen-bond donors (Lipinski definition) is 1. The van der Waals surface area contributed by atoms with Gasteiger partial charge in [0.2, 0.25) is 0 Å². The second-order valence-electron chi connectivity index (χ2n) is 5.34. The van der Waals surface area contributed by atoms with Crippen molar-refractivity contribution in [2.75, 3.05) is 0 Å². The van der Waals surface area contributed by atoms with Gasteiger partial charge in [0.1, 0.15) is 11.9 Å². The van der Waals surface area contributed by atoms with Gasteiger partial charge in [-0.1, -0.05) is 42.5 Å². The molecule has 0 saturated heterocycles. The van der Waals surface area contributed by atoms with Gasteiger partial charge in [-0.05, 0) is 18.1 Å². The van der Waals surface area contributed by atoms with Crippen LogP contribution < -0.4 is 0 Å². The highest BCUT2D eigenvalue weighted by Gasteiger charge is 2.23. The van der Waals surface area contributed by atoms with Gasteiger partial charge in [0.15, 0.2) is 0 Å². The topological polar surface area (TPSA) is 68.0 Å². The van der Waals surface area contributed by atoms with Crippen molar-refractivity contribution < 1.29 is 14.3 Å². The number of hydrogen-bond acceptors (Lipinski definition) is 3. The summed E-state index contributed by atoms with van der Waals surface area (Å²) in [5.41, 5.74) is 3.10. The summed E-state index contributed by atoms with van der Waals surface area (Å²) in [5, 5.41) is 17.1. The molecular formula is C17H16FN3O2. The molecule has 0 aliphatic heterocycles. The summed E-state index contributed by atoms with van der Waals surface area (Å²) in [6.07, 6.45) is 4.13. The van der Waals surface area contributed by atoms with Crippen molar-refractivity contribution in [2.45, 2.75) is 25.9 Å². The number of aliphatic carboxylic acids is 1. The van der Waals surface area contributed by atoms with E-state index in [4.69, 9.17) is 5.11 Å². The third-order valence-corrected chi connectivity index (χ3v) is 3.84. The second-order valence-corrected chi connectivity index (χ2v) is 5.34. The molecule has 3 rings (SSSR count). The van der Waals surface area contributed by atoms with Crippen molar-refractivity contribution in [3.8, 4) is 11.3 Å². The number of carboxylic acids is 1. The number of halogens is 1. The van der Waals surface area contributed by atoms with E-state index in [1.165, 1.54) is 16.3 Å². The molecule has 1 aliphatic rings. The molecule has 0 spiro atoms. The van der Waals surface area contributed by atoms with Crippen LogP contribution in [0.1, 0.15) is 18.9 Å². The Kier molecular flexibility index (Phi) is 4.06. The monoisotopic (exact) mass is 313 g/mol. The zero-order valence-electron chi connectivity index (χ0n) is 12.6. The average molecular weight is 313 g/mol. The van der Waals surface area contributed by atoms with E-state index < -0.39 is 12.1 Å². The number of aromatic nitrogens is 3. The summed E-state index contributed by atoms with van der Waals surface area (Å²) >= 11 is 0. The summed E-state index contributed by atoms with van der Waals surface area (Å²) in [6.45, 7) is 2.09. The van der Waals surface area contributed by atoms with E-state index in [9.17, 15) is 9.18 Å². The lowest BCUT2D eigenvalue weighted by Crippen LogP contribution is -2.17. The molecule has 118 valence electrons. The number of aryl methyl sites for hydroxylation is 1. The largest absolute Gasteiger partial charge is 0.478 e. The van der Waals surface area contributed by atoms with Crippen LogP contribution >= 0.6 is 0 Å². The predicted molar refractivity (Wildman–Crippen MR) is 84.3 cm³/mol. The summed E-state index contributed by atoms with van der Waals surface area (Å²) in [7, 11) is 0. The van der Waals surface area contributed by atoms with E-state index in [0.717, 1.165) is 12.0 Å². The standard InChI is InChI=1S/C17H16FN3O2/c1-2-11-3-5-12(6-4-11)16-10-21(20-19-16)13-7-8-15(18)14(9-13)17(22)23/h3-7,9-10,15H,2,8H2,1H3,(H,22,23). The highest BCUT2D eigenvalue weighted by atomic mass is 19.1. The van der Waals surface area contributed by atoms with Gasteiger partial charge in [-0.15, -0.1) is 5.10 Å². The zero-order valence-corrected chi connectivity index (χ0v) is 12.6. The number of alkyl halides is 1. The number of allylic oxidation sites excluding steroid dienone is 3. The van der Waals surface area contributed by atoms with Gasteiger partial charge in [-0.25, -0.2) is 13.9 Å². The lowest BCUT2D eigenvalue weighted by atomic mass is 10.0. The molecule has 0 bridgehead atoms. The van der Waals surface area contributed by atoms with E-state index in [1.54, 1.807) is 12.3 Å². The van der Waals surface area contributed by atoms with Crippen LogP contribution in [0.25, 0.3) is 17.0 Å². The van der Waals surface area contributed by atoms with E-state index in [-0.39, 0.29) is 12.0 Å². The van der Waals surface area contributed by atoms with Crippen molar-refractivity contribution in [3.05, 3.63) is 53.8 Å². The van der Waals surface area contributed by atoms with E-state index in [2.05, 4.69) is 17.2 Å². The fourth-order valence-corrected chi connectivity index (χ4v) is 2.45. The van der Waals surface area contributed by atoms with Gasteiger partial charge in [0.25, 0.3) is 0 Å². The quantitative estimate of drug-likeness (QED) is 0.942. The molecule has 1 unspecified atom stereocenters. The highest BCUT2D eigenvalue weighted by molar-refractivity contribution is 5.91. The van der Waals surface area contributed by atoms with Crippen LogP contribution in [0.15, 0.2) is 48.2 Å². The molecule has 0 amide bonds. The molecule has 1 aliphatic carbocycles. The molecule has 1 N–H and O–H groups in total. The van der Waals surface area contributed by atoms with Crippen molar-refractivity contribution >= 4 is 11.7 Å². The molecule has 6 heteroatoms. The van der Waals surface area contributed by atoms with Crippen molar-refractivity contribution in [2.24, 2.45) is 0 Å². The maximum absolute atomic E-state index is 13.6. The number of rotatable bonds is 4. The number of nitrogens with zero attached hydrogens (tertiary/aromatic N) is 3. The van der Waals surface area contributed by atoms with Crippen molar-refractivity contribution in [3.63, 3.8) is 0 Å². The molecular weight excluding hydrogens is 297 g/mol. The molecule has 0 radical (unpaired) electrons. The molecule has 5 nitrogen and oxygen atoms in total. The molecule has 23 heavy (non-hydrogen) atoms. The van der Waals surface area contributed by atoms with E-state index in [1.807, 2.05) is 24.3 Å². The van der Waals surface area contributed by atoms with Crippen LogP contribution in [-0.2, 0) is 11.2 Å². The molecule has 0 saturated carbocycles. The van der Waals surface area contributed by atoms with E-state index in [0.29, 0.717) is 11.4 Å². The highest BCUT2D eigenvalue weighted by Crippen LogP contribution is 2.25. The molecule has 2 aromatic rings. The summed E-state index contributed by atoms with van der Waals surface area (Å²) in [4.78, 5) is 11.0. The fraction of sp³-hybridized carbons (Fsp3) is 0.235. The van der Waals surface area contributed by atoms with Crippen LogP contribution in [0.5, 0.6) is 0 Å². The Balaban J connectivity index is 1.88. The number of carboxylic acid groups (broad SMARTS) is 1. The summed E-state index contributed by atoms with van der Waals surface area (Å²) < 4.78 is 15.1. The first-order valence-electron chi connectivity index (χ1n) is 7.39. The summed E-state index contributed by atoms with van der Waals surface area (Å²) in [5.74, 6) is -1.25. The third-order valence-electron chi connectivity index (χ3n) is 3.84. The summed E-state index contributed by atoms with van der Waals surface area (Å²) in [6, 6.07) is 8.01. The van der Waals surface area contributed by atoms with Crippen LogP contribution in [0.3, 0.4) is 0 Å². The van der Waals surface area contributed by atoms with Gasteiger partial charge in [-0.2, -0.15) is 0 Å². The lowest BCUT2D eigenvalue weighted by molar-refractivity contribution is -0.133. The van der Waals surface area contributed by atoms with Gasteiger partial charge < -0.3 is 5.11 Å². The van der Waals surface area contributed by atoms with Crippen LogP contribution in [0, 0.1) is 0 Å². The lowest BCUT2D eigenvalue weighted by Gasteiger charge is -2.14. The maximum atomic E-state index is 13.6. The molecule has 1 atom stereocenters. The average Bonchev–Trinajstić information content (AvgIpc) is 3.05. The first-order chi connectivity index (χ1) is 11.1. The van der Waals surface area contributed by atoms with Crippen LogP contribution in [-0.4, -0.2) is 32.2 Å². The normalized spacial score (nSPS) is 17.6. The Morgan fingerprint density at radius 2 is 2.13 bits per heavy atom. The van der Waals surface area contributed by atoms with Gasteiger partial charge in [0, 0.05) is 12.0 Å². The smallest absolute Gasteiger partial charge is 0.334 e. The SMILES string of the molecule is CCc1ccc(-c2cn(C3=CCC(F)C(C(=O)O)=C3)nn2)cc1. The maximum Gasteiger partial charge on any atom is 0.334 e. The molecule has 1 heterocycles. The van der Waals surface area contributed by atoms with Gasteiger partial charge >= 0.3 is 5.97 Å². The van der Waals surface area contributed by atoms with Crippen LogP contribution in [0.2, 0.25) is 0 Å². The first kappa shape index (κ1) is 15.1. The van der Waals surface area contributed by atoms with Crippen molar-refractivity contribution in [1.29, 1.82) is 0 Å². The first-order valence-corrected chi connectivity index (χ1v) is 7.39. The third kappa shape index (κ3) is 3.06. The number of carbonyl (C=O) groups is 1. The molecule has 1 aromatic carbocycles. The minimum absolute atomic E-state index is 0.0217. The van der Waals surface area contributed by atoms with Crippen molar-refractivity contribution in [1.82, 2.24) is 15.0 Å². The molecule has 0 fully saturated rings. The van der Waals surface area contributed by atoms with E-state index >= 15 is 0 Å². The number of benzene rings is 1. The Hall–Kier alpha value is -2.76. The van der Waals surface area contributed by atoms with Crippen LogP contribution in [0.4, 0.5) is 4.39 Å². The molecule has 1 aromatic heterocycles. The van der Waals surface area contributed by atoms with Gasteiger partial charge in [-0.3, -0.25) is 0 Å². The zero-order chi connectivity index (χ0) is 16.4. The second kappa shape index (κ2) is 6.16. The Morgan fingerprint density at radius 1 is 1.39 bits per heavy atom. The Bertz CT molecular complexity index is 790. The minimum atomic E-state index is -1.49. The van der Waals surface area contributed by atoms with Gasteiger partial charge in [0.05, 0.1) is 17.5 Å². The fourth-order valence-electron chi connectivity index (χ4n) is 2.45.